The Morgan fingerprint density at radius 1 is 0.396 bits per heavy atom. The van der Waals surface area contributed by atoms with Gasteiger partial charge >= 0.3 is 17.9 Å². The van der Waals surface area contributed by atoms with E-state index < -0.39 is 6.10 Å². The molecule has 0 aromatic heterocycles. The van der Waals surface area contributed by atoms with Crippen molar-refractivity contribution in [2.75, 3.05) is 13.2 Å². The zero-order chi connectivity index (χ0) is 35.3. The predicted molar refractivity (Wildman–Crippen MR) is 201 cm³/mol. The lowest BCUT2D eigenvalue weighted by Crippen LogP contribution is -2.30. The number of carbonyl (C=O) groups excluding carboxylic acids is 3. The first-order valence-corrected chi connectivity index (χ1v) is 20.9. The van der Waals surface area contributed by atoms with Gasteiger partial charge in [0.1, 0.15) is 13.2 Å². The zero-order valence-electron chi connectivity index (χ0n) is 32.4. The van der Waals surface area contributed by atoms with Crippen molar-refractivity contribution in [3.63, 3.8) is 0 Å². The van der Waals surface area contributed by atoms with Gasteiger partial charge in [0.05, 0.1) is 0 Å². The highest BCUT2D eigenvalue weighted by atomic mass is 16.6. The number of rotatable bonds is 37. The fourth-order valence-corrected chi connectivity index (χ4v) is 6.10. The SMILES string of the molecule is CCCCCCCCCCCCCCCCC(=O)OC[C@H](COC(=O)CCCCCCCCC)OC(=O)CCCCCCCCC(C)C. The maximum Gasteiger partial charge on any atom is 0.306 e. The van der Waals surface area contributed by atoms with Crippen LogP contribution in [0.5, 0.6) is 0 Å². The van der Waals surface area contributed by atoms with Crippen molar-refractivity contribution in [1.29, 1.82) is 0 Å². The zero-order valence-corrected chi connectivity index (χ0v) is 32.4. The van der Waals surface area contributed by atoms with E-state index in [0.29, 0.717) is 19.3 Å². The molecule has 0 amide bonds. The Balaban J connectivity index is 4.26. The molecule has 284 valence electrons. The van der Waals surface area contributed by atoms with Gasteiger partial charge in [-0.05, 0) is 25.2 Å². The summed E-state index contributed by atoms with van der Waals surface area (Å²) < 4.78 is 16.6. The molecule has 6 nitrogen and oxygen atoms in total. The van der Waals surface area contributed by atoms with Crippen LogP contribution in [0.2, 0.25) is 0 Å². The lowest BCUT2D eigenvalue weighted by atomic mass is 10.0. The fraction of sp³-hybridized carbons (Fsp3) is 0.929. The van der Waals surface area contributed by atoms with Crippen LogP contribution in [-0.2, 0) is 28.6 Å². The molecule has 0 N–H and O–H groups in total. The molecule has 0 saturated carbocycles. The topological polar surface area (TPSA) is 78.9 Å². The molecule has 0 saturated heterocycles. The molecule has 0 radical (unpaired) electrons. The lowest BCUT2D eigenvalue weighted by Gasteiger charge is -2.18. The summed E-state index contributed by atoms with van der Waals surface area (Å²) in [5.41, 5.74) is 0. The minimum absolute atomic E-state index is 0.0657. The average Bonchev–Trinajstić information content (AvgIpc) is 3.06. The lowest BCUT2D eigenvalue weighted by molar-refractivity contribution is -0.167. The third-order valence-electron chi connectivity index (χ3n) is 9.29. The molecule has 0 bridgehead atoms. The highest BCUT2D eigenvalue weighted by Crippen LogP contribution is 2.15. The molecule has 0 unspecified atom stereocenters. The molecule has 1 atom stereocenters. The monoisotopic (exact) mass is 681 g/mol. The molecular formula is C42H80O6. The molecule has 0 aromatic carbocycles. The van der Waals surface area contributed by atoms with Crippen molar-refractivity contribution in [3.8, 4) is 0 Å². The van der Waals surface area contributed by atoms with Gasteiger partial charge in [-0.2, -0.15) is 0 Å². The van der Waals surface area contributed by atoms with Crippen molar-refractivity contribution in [2.24, 2.45) is 5.92 Å². The molecule has 48 heavy (non-hydrogen) atoms. The van der Waals surface area contributed by atoms with E-state index in [9.17, 15) is 14.4 Å². The van der Waals surface area contributed by atoms with Gasteiger partial charge in [0.15, 0.2) is 6.10 Å². The highest BCUT2D eigenvalue weighted by molar-refractivity contribution is 5.71. The Bertz CT molecular complexity index is 721. The third kappa shape index (κ3) is 35.7. The normalized spacial score (nSPS) is 11.9. The quantitative estimate of drug-likeness (QED) is 0.0369. The Kier molecular flexibility index (Phi) is 35.5. The van der Waals surface area contributed by atoms with Crippen LogP contribution in [0.25, 0.3) is 0 Å². The molecule has 0 spiro atoms. The first-order chi connectivity index (χ1) is 23.4. The van der Waals surface area contributed by atoms with Crippen molar-refractivity contribution in [1.82, 2.24) is 0 Å². The minimum atomic E-state index is -0.758. The van der Waals surface area contributed by atoms with Crippen LogP contribution in [0.4, 0.5) is 0 Å². The van der Waals surface area contributed by atoms with Gasteiger partial charge in [0.25, 0.3) is 0 Å². The van der Waals surface area contributed by atoms with E-state index in [1.807, 2.05) is 0 Å². The van der Waals surface area contributed by atoms with Gasteiger partial charge < -0.3 is 14.2 Å². The average molecular weight is 681 g/mol. The number of esters is 3. The van der Waals surface area contributed by atoms with E-state index in [1.165, 1.54) is 122 Å². The van der Waals surface area contributed by atoms with Crippen LogP contribution in [0.1, 0.15) is 227 Å². The first kappa shape index (κ1) is 46.4. The highest BCUT2D eigenvalue weighted by Gasteiger charge is 2.19. The number of hydrogen-bond acceptors (Lipinski definition) is 6. The summed E-state index contributed by atoms with van der Waals surface area (Å²) >= 11 is 0. The maximum atomic E-state index is 12.6. The summed E-state index contributed by atoms with van der Waals surface area (Å²) in [6, 6.07) is 0. The van der Waals surface area contributed by atoms with Crippen LogP contribution in [0.3, 0.4) is 0 Å². The van der Waals surface area contributed by atoms with Crippen LogP contribution < -0.4 is 0 Å². The Morgan fingerprint density at radius 3 is 1.02 bits per heavy atom. The second kappa shape index (κ2) is 36.7. The third-order valence-corrected chi connectivity index (χ3v) is 9.29. The first-order valence-electron chi connectivity index (χ1n) is 20.9. The van der Waals surface area contributed by atoms with Crippen LogP contribution >= 0.6 is 0 Å². The van der Waals surface area contributed by atoms with Crippen molar-refractivity contribution in [3.05, 3.63) is 0 Å². The molecule has 0 fully saturated rings. The van der Waals surface area contributed by atoms with E-state index in [4.69, 9.17) is 14.2 Å². The number of unbranched alkanes of at least 4 members (excludes halogenated alkanes) is 24. The van der Waals surface area contributed by atoms with Gasteiger partial charge in [-0.15, -0.1) is 0 Å². The molecule has 0 aliphatic rings. The van der Waals surface area contributed by atoms with Crippen molar-refractivity contribution >= 4 is 17.9 Å². The predicted octanol–water partition coefficient (Wildman–Crippen LogP) is 12.8. The van der Waals surface area contributed by atoms with Crippen molar-refractivity contribution < 1.29 is 28.6 Å². The van der Waals surface area contributed by atoms with E-state index >= 15 is 0 Å². The molecule has 0 rings (SSSR count). The standard InChI is InChI=1S/C42H80O6/c1-5-7-9-11-13-14-15-16-17-18-19-21-26-30-34-41(44)47-37-39(36-46-40(43)33-29-25-20-12-10-8-6-2)48-42(45)35-31-27-23-22-24-28-32-38(3)4/h38-39H,5-37H2,1-4H3/t39-/m0/s1. The van der Waals surface area contributed by atoms with Gasteiger partial charge in [0, 0.05) is 19.3 Å². The summed E-state index contributed by atoms with van der Waals surface area (Å²) in [4.78, 5) is 37.4. The summed E-state index contributed by atoms with van der Waals surface area (Å²) in [5, 5.41) is 0. The maximum absolute atomic E-state index is 12.6. The molecule has 0 aromatic rings. The molecule has 6 heteroatoms. The summed E-state index contributed by atoms with van der Waals surface area (Å²) in [7, 11) is 0. The fourth-order valence-electron chi connectivity index (χ4n) is 6.10. The second-order valence-corrected chi connectivity index (χ2v) is 14.7. The van der Waals surface area contributed by atoms with E-state index in [0.717, 1.165) is 63.7 Å². The Morgan fingerprint density at radius 2 is 0.688 bits per heavy atom. The summed E-state index contributed by atoms with van der Waals surface area (Å²) in [5.74, 6) is -0.112. The van der Waals surface area contributed by atoms with Crippen LogP contribution in [0.15, 0.2) is 0 Å². The largest absolute Gasteiger partial charge is 0.462 e. The van der Waals surface area contributed by atoms with Crippen LogP contribution in [0, 0.1) is 5.92 Å². The number of carbonyl (C=O) groups is 3. The minimum Gasteiger partial charge on any atom is -0.462 e. The van der Waals surface area contributed by atoms with Crippen molar-refractivity contribution in [2.45, 2.75) is 233 Å². The van der Waals surface area contributed by atoms with Gasteiger partial charge in [-0.25, -0.2) is 0 Å². The van der Waals surface area contributed by atoms with E-state index in [1.54, 1.807) is 0 Å². The Labute approximate surface area is 298 Å². The van der Waals surface area contributed by atoms with E-state index in [-0.39, 0.29) is 31.1 Å². The van der Waals surface area contributed by atoms with Gasteiger partial charge in [0.2, 0.25) is 0 Å². The van der Waals surface area contributed by atoms with Gasteiger partial charge in [-0.1, -0.05) is 188 Å². The number of ether oxygens (including phenoxy) is 3. The summed E-state index contributed by atoms with van der Waals surface area (Å²) in [6.45, 7) is 8.87. The molecular weight excluding hydrogens is 600 g/mol. The molecule has 0 heterocycles. The number of hydrogen-bond donors (Lipinski definition) is 0. The second-order valence-electron chi connectivity index (χ2n) is 14.7. The van der Waals surface area contributed by atoms with Gasteiger partial charge in [-0.3, -0.25) is 14.4 Å². The smallest absolute Gasteiger partial charge is 0.306 e. The Hall–Kier alpha value is -1.59. The molecule has 0 aliphatic carbocycles. The van der Waals surface area contributed by atoms with E-state index in [2.05, 4.69) is 27.7 Å². The van der Waals surface area contributed by atoms with Crippen LogP contribution in [-0.4, -0.2) is 37.2 Å². The summed E-state index contributed by atoms with van der Waals surface area (Å²) in [6.07, 6.45) is 33.9. The molecule has 0 aliphatic heterocycles.